The van der Waals surface area contributed by atoms with Crippen LogP contribution in [0.1, 0.15) is 5.56 Å². The third kappa shape index (κ3) is 2.10. The van der Waals surface area contributed by atoms with Crippen LogP contribution in [0, 0.1) is 0 Å². The molecule has 84 valence electrons. The highest BCUT2D eigenvalue weighted by Gasteiger charge is 2.13. The molecule has 0 aliphatic carbocycles. The Morgan fingerprint density at radius 3 is 3.00 bits per heavy atom. The van der Waals surface area contributed by atoms with Gasteiger partial charge in [-0.15, -0.1) is 0 Å². The predicted molar refractivity (Wildman–Crippen MR) is 63.2 cm³/mol. The monoisotopic (exact) mass is 283 g/mol. The van der Waals surface area contributed by atoms with Gasteiger partial charge in [-0.1, -0.05) is 6.07 Å². The molecule has 1 heterocycles. The number of halogens is 1. The van der Waals surface area contributed by atoms with Gasteiger partial charge in [-0.05, 0) is 40.0 Å². The number of furan rings is 1. The van der Waals surface area contributed by atoms with Crippen LogP contribution >= 0.6 is 15.9 Å². The molecule has 1 atom stereocenters. The minimum Gasteiger partial charge on any atom is -0.480 e. The quantitative estimate of drug-likeness (QED) is 0.905. The van der Waals surface area contributed by atoms with Crippen molar-refractivity contribution in [2.75, 3.05) is 0 Å². The summed E-state index contributed by atoms with van der Waals surface area (Å²) < 4.78 is 6.12. The molecule has 0 bridgehead atoms. The van der Waals surface area contributed by atoms with E-state index in [1.165, 1.54) is 0 Å². The molecule has 16 heavy (non-hydrogen) atoms. The van der Waals surface area contributed by atoms with Gasteiger partial charge >= 0.3 is 5.97 Å². The Labute approximate surface area is 100 Å². The summed E-state index contributed by atoms with van der Waals surface area (Å²) in [5, 5.41) is 9.64. The summed E-state index contributed by atoms with van der Waals surface area (Å²) in [5.41, 5.74) is 7.11. The molecule has 0 aliphatic heterocycles. The first kappa shape index (κ1) is 11.2. The molecule has 2 rings (SSSR count). The van der Waals surface area contributed by atoms with Crippen molar-refractivity contribution >= 4 is 32.9 Å². The molecule has 0 radical (unpaired) electrons. The number of rotatable bonds is 3. The maximum absolute atomic E-state index is 10.6. The summed E-state index contributed by atoms with van der Waals surface area (Å²) in [6.45, 7) is 0. The van der Waals surface area contributed by atoms with Crippen molar-refractivity contribution in [1.82, 2.24) is 0 Å². The van der Waals surface area contributed by atoms with Gasteiger partial charge in [0, 0.05) is 5.39 Å². The van der Waals surface area contributed by atoms with Gasteiger partial charge < -0.3 is 15.3 Å². The van der Waals surface area contributed by atoms with Gasteiger partial charge in [0.25, 0.3) is 0 Å². The average molecular weight is 284 g/mol. The van der Waals surface area contributed by atoms with E-state index in [0.717, 1.165) is 21.0 Å². The molecule has 0 fully saturated rings. The Morgan fingerprint density at radius 1 is 1.56 bits per heavy atom. The molecule has 1 aromatic heterocycles. The second-order valence-electron chi connectivity index (χ2n) is 3.56. The van der Waals surface area contributed by atoms with Crippen molar-refractivity contribution in [2.24, 2.45) is 5.73 Å². The molecule has 0 saturated carbocycles. The number of hydrogen-bond acceptors (Lipinski definition) is 3. The van der Waals surface area contributed by atoms with E-state index in [4.69, 9.17) is 15.3 Å². The van der Waals surface area contributed by atoms with Crippen LogP contribution in [0.2, 0.25) is 0 Å². The first-order chi connectivity index (χ1) is 7.58. The van der Waals surface area contributed by atoms with E-state index in [1.54, 1.807) is 6.26 Å². The van der Waals surface area contributed by atoms with Crippen molar-refractivity contribution in [1.29, 1.82) is 0 Å². The van der Waals surface area contributed by atoms with Gasteiger partial charge in [0.2, 0.25) is 0 Å². The summed E-state index contributed by atoms with van der Waals surface area (Å²) in [6, 6.07) is 4.64. The second kappa shape index (κ2) is 4.27. The molecule has 0 amide bonds. The van der Waals surface area contributed by atoms with Crippen LogP contribution in [0.3, 0.4) is 0 Å². The van der Waals surface area contributed by atoms with E-state index < -0.39 is 12.0 Å². The molecule has 5 heteroatoms. The third-order valence-corrected chi connectivity index (χ3v) is 2.98. The van der Waals surface area contributed by atoms with Crippen molar-refractivity contribution in [3.63, 3.8) is 0 Å². The second-order valence-corrected chi connectivity index (χ2v) is 4.42. The summed E-state index contributed by atoms with van der Waals surface area (Å²) in [4.78, 5) is 10.6. The number of benzene rings is 1. The van der Waals surface area contributed by atoms with E-state index in [1.807, 2.05) is 18.2 Å². The topological polar surface area (TPSA) is 76.5 Å². The van der Waals surface area contributed by atoms with E-state index in [2.05, 4.69) is 15.9 Å². The highest BCUT2D eigenvalue weighted by atomic mass is 79.9. The van der Waals surface area contributed by atoms with Gasteiger partial charge in [-0.25, -0.2) is 0 Å². The Morgan fingerprint density at radius 2 is 2.31 bits per heavy atom. The van der Waals surface area contributed by atoms with Crippen molar-refractivity contribution < 1.29 is 14.3 Å². The summed E-state index contributed by atoms with van der Waals surface area (Å²) in [5.74, 6) is -0.994. The number of carboxylic acids is 1. The van der Waals surface area contributed by atoms with Crippen LogP contribution in [-0.2, 0) is 11.2 Å². The highest BCUT2D eigenvalue weighted by molar-refractivity contribution is 9.10. The molecule has 4 nitrogen and oxygen atoms in total. The summed E-state index contributed by atoms with van der Waals surface area (Å²) in [7, 11) is 0. The fraction of sp³-hybridized carbons (Fsp3) is 0.182. The Balaban J connectivity index is 2.32. The molecule has 2 aromatic rings. The maximum Gasteiger partial charge on any atom is 0.320 e. The van der Waals surface area contributed by atoms with Crippen LogP contribution in [-0.4, -0.2) is 17.1 Å². The number of aliphatic carboxylic acids is 1. The molecule has 1 unspecified atom stereocenters. The average Bonchev–Trinajstić information content (AvgIpc) is 2.60. The lowest BCUT2D eigenvalue weighted by Gasteiger charge is -2.06. The minimum atomic E-state index is -0.994. The Hall–Kier alpha value is -1.33. The van der Waals surface area contributed by atoms with Crippen LogP contribution in [0.4, 0.5) is 0 Å². The van der Waals surface area contributed by atoms with Crippen LogP contribution in [0.15, 0.2) is 33.4 Å². The zero-order valence-electron chi connectivity index (χ0n) is 8.31. The van der Waals surface area contributed by atoms with Gasteiger partial charge in [0.15, 0.2) is 0 Å². The molecule has 3 N–H and O–H groups in total. The first-order valence-corrected chi connectivity index (χ1v) is 5.51. The molecule has 0 aliphatic rings. The Kier molecular flexibility index (Phi) is 2.98. The van der Waals surface area contributed by atoms with Gasteiger partial charge in [0.1, 0.15) is 17.9 Å². The lowest BCUT2D eigenvalue weighted by molar-refractivity contribution is -0.138. The SMILES string of the molecule is NC(Cc1ccc2occ(Br)c2c1)C(=O)O. The number of hydrogen-bond donors (Lipinski definition) is 2. The first-order valence-electron chi connectivity index (χ1n) is 4.72. The lowest BCUT2D eigenvalue weighted by Crippen LogP contribution is -2.32. The largest absolute Gasteiger partial charge is 0.480 e. The predicted octanol–water partition coefficient (Wildman–Crippen LogP) is 2.15. The smallest absolute Gasteiger partial charge is 0.320 e. The van der Waals surface area contributed by atoms with E-state index in [0.29, 0.717) is 6.42 Å². The summed E-state index contributed by atoms with van der Waals surface area (Å²) in [6.07, 6.45) is 1.91. The molecule has 0 saturated heterocycles. The third-order valence-electron chi connectivity index (χ3n) is 2.36. The van der Waals surface area contributed by atoms with Gasteiger partial charge in [-0.2, -0.15) is 0 Å². The van der Waals surface area contributed by atoms with Gasteiger partial charge in [0.05, 0.1) is 4.47 Å². The number of fused-ring (bicyclic) bond motifs is 1. The fourth-order valence-corrected chi connectivity index (χ4v) is 1.92. The molecular weight excluding hydrogens is 274 g/mol. The minimum absolute atomic E-state index is 0.308. The number of nitrogens with two attached hydrogens (primary N) is 1. The maximum atomic E-state index is 10.6. The zero-order valence-corrected chi connectivity index (χ0v) is 9.90. The van der Waals surface area contributed by atoms with Crippen molar-refractivity contribution in [3.05, 3.63) is 34.5 Å². The zero-order chi connectivity index (χ0) is 11.7. The standard InChI is InChI=1S/C11H10BrNO3/c12-8-5-16-10-2-1-6(3-7(8)10)4-9(13)11(14)15/h1-3,5,9H,4,13H2,(H,14,15). The van der Waals surface area contributed by atoms with Crippen LogP contribution in [0.25, 0.3) is 11.0 Å². The number of carboxylic acid groups (broad SMARTS) is 1. The summed E-state index contributed by atoms with van der Waals surface area (Å²) >= 11 is 3.35. The van der Waals surface area contributed by atoms with E-state index >= 15 is 0 Å². The normalized spacial score (nSPS) is 12.9. The fourth-order valence-electron chi connectivity index (χ4n) is 1.51. The van der Waals surface area contributed by atoms with Crippen LogP contribution < -0.4 is 5.73 Å². The van der Waals surface area contributed by atoms with E-state index in [9.17, 15) is 4.79 Å². The van der Waals surface area contributed by atoms with Crippen LogP contribution in [0.5, 0.6) is 0 Å². The van der Waals surface area contributed by atoms with Gasteiger partial charge in [-0.3, -0.25) is 4.79 Å². The Bertz CT molecular complexity index is 535. The number of carbonyl (C=O) groups is 1. The van der Waals surface area contributed by atoms with E-state index in [-0.39, 0.29) is 0 Å². The highest BCUT2D eigenvalue weighted by Crippen LogP contribution is 2.27. The molecule has 0 spiro atoms. The molecular formula is C11H10BrNO3. The lowest BCUT2D eigenvalue weighted by atomic mass is 10.1. The van der Waals surface area contributed by atoms with Crippen molar-refractivity contribution in [3.8, 4) is 0 Å². The molecule has 1 aromatic carbocycles. The van der Waals surface area contributed by atoms with Crippen molar-refractivity contribution in [2.45, 2.75) is 12.5 Å².